The van der Waals surface area contributed by atoms with Gasteiger partial charge >= 0.3 is 5.97 Å². The van der Waals surface area contributed by atoms with Crippen molar-refractivity contribution in [3.8, 4) is 0 Å². The molecule has 0 radical (unpaired) electrons. The number of nitro benzene ring substituents is 1. The summed E-state index contributed by atoms with van der Waals surface area (Å²) in [6.45, 7) is 3.83. The number of nitrogens with one attached hydrogen (secondary N) is 1. The number of H-pyrrole nitrogens is 1. The molecule has 2 heterocycles. The first-order chi connectivity index (χ1) is 14.4. The average Bonchev–Trinajstić information content (AvgIpc) is 3.26. The number of rotatable bonds is 5. The van der Waals surface area contributed by atoms with E-state index in [0.717, 1.165) is 11.3 Å². The number of nitro groups is 1. The van der Waals surface area contributed by atoms with E-state index in [1.807, 2.05) is 6.92 Å². The third-order valence-electron chi connectivity index (χ3n) is 5.02. The summed E-state index contributed by atoms with van der Waals surface area (Å²) in [5, 5.41) is 18.0. The van der Waals surface area contributed by atoms with Crippen LogP contribution in [0.3, 0.4) is 0 Å². The van der Waals surface area contributed by atoms with Crippen LogP contribution in [0.25, 0.3) is 0 Å². The largest absolute Gasteiger partial charge is 0.462 e. The van der Waals surface area contributed by atoms with Crippen LogP contribution in [0.15, 0.2) is 48.5 Å². The van der Waals surface area contributed by atoms with Crippen molar-refractivity contribution in [3.63, 3.8) is 0 Å². The molecule has 0 fully saturated rings. The molecule has 9 heteroatoms. The molecule has 30 heavy (non-hydrogen) atoms. The maximum Gasteiger partial charge on any atom is 0.338 e. The SMILES string of the molecule is CCOC(=O)c1ccc(N2C(=O)c3n[nH]c(C)c3C2c2ccc([N+](=O)[O-])cc2)cc1. The second kappa shape index (κ2) is 7.43. The van der Waals surface area contributed by atoms with E-state index in [4.69, 9.17) is 4.74 Å². The highest BCUT2D eigenvalue weighted by Gasteiger charge is 2.42. The highest BCUT2D eigenvalue weighted by molar-refractivity contribution is 6.10. The minimum atomic E-state index is -0.500. The maximum atomic E-state index is 13.1. The summed E-state index contributed by atoms with van der Waals surface area (Å²) in [4.78, 5) is 37.2. The molecule has 4 rings (SSSR count). The van der Waals surface area contributed by atoms with Crippen molar-refractivity contribution >= 4 is 23.3 Å². The van der Waals surface area contributed by atoms with Gasteiger partial charge in [0.05, 0.1) is 23.1 Å². The third kappa shape index (κ3) is 3.10. The molecule has 9 nitrogen and oxygen atoms in total. The van der Waals surface area contributed by atoms with Gasteiger partial charge < -0.3 is 4.74 Å². The molecule has 1 aliphatic rings. The van der Waals surface area contributed by atoms with Crippen molar-refractivity contribution in [2.45, 2.75) is 19.9 Å². The van der Waals surface area contributed by atoms with Crippen LogP contribution in [0.5, 0.6) is 0 Å². The Balaban J connectivity index is 1.77. The van der Waals surface area contributed by atoms with Gasteiger partial charge in [0, 0.05) is 29.1 Å². The summed E-state index contributed by atoms with van der Waals surface area (Å²) in [5.74, 6) is -0.727. The molecule has 0 aliphatic carbocycles. The van der Waals surface area contributed by atoms with Gasteiger partial charge in [-0.2, -0.15) is 5.10 Å². The van der Waals surface area contributed by atoms with Gasteiger partial charge in [0.25, 0.3) is 11.6 Å². The first-order valence-corrected chi connectivity index (χ1v) is 9.32. The second-order valence-electron chi connectivity index (χ2n) is 6.80. The number of aromatic amines is 1. The summed E-state index contributed by atoms with van der Waals surface area (Å²) < 4.78 is 5.00. The highest BCUT2D eigenvalue weighted by Crippen LogP contribution is 2.42. The molecule has 1 aliphatic heterocycles. The van der Waals surface area contributed by atoms with Crippen LogP contribution in [0, 0.1) is 17.0 Å². The maximum absolute atomic E-state index is 13.1. The molecule has 1 N–H and O–H groups in total. The summed E-state index contributed by atoms with van der Waals surface area (Å²) in [5.41, 5.74) is 3.42. The molecule has 2 aromatic carbocycles. The summed E-state index contributed by atoms with van der Waals surface area (Å²) in [6, 6.07) is 12.1. The minimum Gasteiger partial charge on any atom is -0.462 e. The summed E-state index contributed by atoms with van der Waals surface area (Å²) in [7, 11) is 0. The molecule has 1 aromatic heterocycles. The second-order valence-corrected chi connectivity index (χ2v) is 6.80. The van der Waals surface area contributed by atoms with Gasteiger partial charge in [0.2, 0.25) is 0 Å². The lowest BCUT2D eigenvalue weighted by atomic mass is 9.98. The number of benzene rings is 2. The lowest BCUT2D eigenvalue weighted by molar-refractivity contribution is -0.384. The molecule has 0 saturated carbocycles. The normalized spacial score (nSPS) is 15.2. The Bertz CT molecular complexity index is 1140. The lowest BCUT2D eigenvalue weighted by Gasteiger charge is -2.26. The number of hydrogen-bond acceptors (Lipinski definition) is 6. The third-order valence-corrected chi connectivity index (χ3v) is 5.02. The predicted octanol–water partition coefficient (Wildman–Crippen LogP) is 3.55. The van der Waals surface area contributed by atoms with Gasteiger partial charge in [0.1, 0.15) is 0 Å². The monoisotopic (exact) mass is 406 g/mol. The van der Waals surface area contributed by atoms with Crippen molar-refractivity contribution in [1.29, 1.82) is 0 Å². The van der Waals surface area contributed by atoms with Crippen LogP contribution in [-0.2, 0) is 4.74 Å². The Kier molecular flexibility index (Phi) is 4.78. The topological polar surface area (TPSA) is 118 Å². The van der Waals surface area contributed by atoms with E-state index in [1.165, 1.54) is 12.1 Å². The standard InChI is InChI=1S/C21H18N4O5/c1-3-30-21(27)14-6-8-15(9-7-14)24-19(13-4-10-16(11-5-13)25(28)29)17-12(2)22-23-18(17)20(24)26/h4-11,19H,3H2,1-2H3,(H,22,23). The van der Waals surface area contributed by atoms with E-state index < -0.39 is 16.9 Å². The number of esters is 1. The smallest absolute Gasteiger partial charge is 0.338 e. The van der Waals surface area contributed by atoms with E-state index >= 15 is 0 Å². The number of hydrogen-bond donors (Lipinski definition) is 1. The predicted molar refractivity (Wildman–Crippen MR) is 107 cm³/mol. The number of non-ortho nitro benzene ring substituents is 1. The number of anilines is 1. The zero-order valence-corrected chi connectivity index (χ0v) is 16.3. The first-order valence-electron chi connectivity index (χ1n) is 9.32. The molecule has 0 spiro atoms. The molecule has 0 saturated heterocycles. The van der Waals surface area contributed by atoms with E-state index in [-0.39, 0.29) is 18.2 Å². The zero-order chi connectivity index (χ0) is 21.4. The molecular weight excluding hydrogens is 388 g/mol. The van der Waals surface area contributed by atoms with Crippen LogP contribution in [0.4, 0.5) is 11.4 Å². The van der Waals surface area contributed by atoms with E-state index in [9.17, 15) is 19.7 Å². The van der Waals surface area contributed by atoms with E-state index in [2.05, 4.69) is 10.2 Å². The fourth-order valence-electron chi connectivity index (χ4n) is 3.63. The van der Waals surface area contributed by atoms with Gasteiger partial charge in [-0.05, 0) is 55.8 Å². The number of aromatic nitrogens is 2. The minimum absolute atomic E-state index is 0.0300. The van der Waals surface area contributed by atoms with Crippen LogP contribution in [0.1, 0.15) is 50.6 Å². The number of amides is 1. The summed E-state index contributed by atoms with van der Waals surface area (Å²) in [6.07, 6.45) is 0. The van der Waals surface area contributed by atoms with Crippen molar-refractivity contribution in [1.82, 2.24) is 10.2 Å². The molecule has 0 bridgehead atoms. The molecular formula is C21H18N4O5. The fraction of sp³-hybridized carbons (Fsp3) is 0.190. The number of aryl methyl sites for hydroxylation is 1. The van der Waals surface area contributed by atoms with Crippen LogP contribution in [0.2, 0.25) is 0 Å². The van der Waals surface area contributed by atoms with E-state index in [0.29, 0.717) is 22.5 Å². The van der Waals surface area contributed by atoms with Gasteiger partial charge in [-0.25, -0.2) is 4.79 Å². The average molecular weight is 406 g/mol. The number of nitrogens with zero attached hydrogens (tertiary/aromatic N) is 3. The Morgan fingerprint density at radius 1 is 1.20 bits per heavy atom. The Labute approximate surface area is 171 Å². The molecule has 3 aromatic rings. The molecule has 152 valence electrons. The first kappa shape index (κ1) is 19.3. The summed E-state index contributed by atoms with van der Waals surface area (Å²) >= 11 is 0. The van der Waals surface area contributed by atoms with Crippen LogP contribution >= 0.6 is 0 Å². The zero-order valence-electron chi connectivity index (χ0n) is 16.3. The lowest BCUT2D eigenvalue weighted by Crippen LogP contribution is -2.29. The van der Waals surface area contributed by atoms with Crippen LogP contribution < -0.4 is 4.90 Å². The van der Waals surface area contributed by atoms with Crippen molar-refractivity contribution in [3.05, 3.63) is 86.7 Å². The van der Waals surface area contributed by atoms with Crippen molar-refractivity contribution in [2.75, 3.05) is 11.5 Å². The number of carbonyl (C=O) groups is 2. The fourth-order valence-corrected chi connectivity index (χ4v) is 3.63. The molecule has 1 amide bonds. The van der Waals surface area contributed by atoms with Crippen molar-refractivity contribution < 1.29 is 19.2 Å². The Morgan fingerprint density at radius 2 is 1.87 bits per heavy atom. The number of carbonyl (C=O) groups excluding carboxylic acids is 2. The van der Waals surface area contributed by atoms with Gasteiger partial charge in [0.15, 0.2) is 5.69 Å². The molecule has 1 unspecified atom stereocenters. The van der Waals surface area contributed by atoms with Gasteiger partial charge in [-0.3, -0.25) is 24.9 Å². The Hall–Kier alpha value is -4.01. The van der Waals surface area contributed by atoms with Crippen LogP contribution in [-0.4, -0.2) is 33.6 Å². The van der Waals surface area contributed by atoms with Gasteiger partial charge in [-0.15, -0.1) is 0 Å². The number of ether oxygens (including phenoxy) is 1. The highest BCUT2D eigenvalue weighted by atomic mass is 16.6. The van der Waals surface area contributed by atoms with Gasteiger partial charge in [-0.1, -0.05) is 0 Å². The quantitative estimate of drug-likeness (QED) is 0.393. The molecule has 1 atom stereocenters. The van der Waals surface area contributed by atoms with Crippen molar-refractivity contribution in [2.24, 2.45) is 0 Å². The number of fused-ring (bicyclic) bond motifs is 1. The Morgan fingerprint density at radius 3 is 2.47 bits per heavy atom. The van der Waals surface area contributed by atoms with E-state index in [1.54, 1.807) is 48.2 Å².